The third kappa shape index (κ3) is 2.81. The number of fused-ring (bicyclic) bond motifs is 1. The van der Waals surface area contributed by atoms with Gasteiger partial charge in [0.1, 0.15) is 5.65 Å². The van der Waals surface area contributed by atoms with Gasteiger partial charge >= 0.3 is 0 Å². The van der Waals surface area contributed by atoms with Crippen molar-refractivity contribution in [3.05, 3.63) is 30.1 Å². The highest BCUT2D eigenvalue weighted by molar-refractivity contribution is 5.79. The molecule has 3 nitrogen and oxygen atoms in total. The topological polar surface area (TPSA) is 40.7 Å². The van der Waals surface area contributed by atoms with E-state index in [0.29, 0.717) is 6.04 Å². The SMILES string of the molecule is CC1CCCCCC1NCc1c[nH]c2ncccc12. The quantitative estimate of drug-likeness (QED) is 0.824. The number of hydrogen-bond donors (Lipinski definition) is 2. The van der Waals surface area contributed by atoms with Crippen LogP contribution in [0.4, 0.5) is 0 Å². The molecule has 0 amide bonds. The largest absolute Gasteiger partial charge is 0.346 e. The van der Waals surface area contributed by atoms with Crippen molar-refractivity contribution in [2.75, 3.05) is 0 Å². The molecule has 0 aliphatic heterocycles. The molecule has 0 radical (unpaired) electrons. The number of aromatic nitrogens is 2. The minimum atomic E-state index is 0.670. The van der Waals surface area contributed by atoms with Crippen LogP contribution in [0.5, 0.6) is 0 Å². The van der Waals surface area contributed by atoms with E-state index in [1.165, 1.54) is 43.1 Å². The molecule has 2 aromatic heterocycles. The lowest BCUT2D eigenvalue weighted by Crippen LogP contribution is -2.33. The molecule has 2 heterocycles. The first-order valence-electron chi connectivity index (χ1n) is 7.49. The zero-order valence-corrected chi connectivity index (χ0v) is 11.7. The molecule has 2 aromatic rings. The number of H-pyrrole nitrogens is 1. The van der Waals surface area contributed by atoms with E-state index in [1.54, 1.807) is 0 Å². The van der Waals surface area contributed by atoms with Crippen LogP contribution in [0.15, 0.2) is 24.5 Å². The lowest BCUT2D eigenvalue weighted by Gasteiger charge is -2.22. The van der Waals surface area contributed by atoms with Gasteiger partial charge in [-0.1, -0.05) is 26.2 Å². The van der Waals surface area contributed by atoms with Crippen molar-refractivity contribution in [3.8, 4) is 0 Å². The number of pyridine rings is 1. The number of rotatable bonds is 3. The summed E-state index contributed by atoms with van der Waals surface area (Å²) in [5.41, 5.74) is 2.33. The maximum atomic E-state index is 4.34. The minimum Gasteiger partial charge on any atom is -0.346 e. The van der Waals surface area contributed by atoms with Crippen LogP contribution in [0.1, 0.15) is 44.6 Å². The summed E-state index contributed by atoms with van der Waals surface area (Å²) in [5, 5.41) is 5.00. The Hall–Kier alpha value is -1.35. The van der Waals surface area contributed by atoms with Gasteiger partial charge in [0.15, 0.2) is 0 Å². The molecular weight excluding hydrogens is 234 g/mol. The minimum absolute atomic E-state index is 0.670. The summed E-state index contributed by atoms with van der Waals surface area (Å²) in [4.78, 5) is 7.59. The number of nitrogens with zero attached hydrogens (tertiary/aromatic N) is 1. The van der Waals surface area contributed by atoms with E-state index in [2.05, 4.69) is 34.5 Å². The average Bonchev–Trinajstić information content (AvgIpc) is 2.73. The summed E-state index contributed by atoms with van der Waals surface area (Å²) in [5.74, 6) is 0.797. The molecule has 0 aromatic carbocycles. The second-order valence-corrected chi connectivity index (χ2v) is 5.82. The second kappa shape index (κ2) is 5.74. The zero-order valence-electron chi connectivity index (χ0n) is 11.7. The summed E-state index contributed by atoms with van der Waals surface area (Å²) in [6.07, 6.45) is 10.8. The van der Waals surface area contributed by atoms with Crippen molar-refractivity contribution < 1.29 is 0 Å². The maximum Gasteiger partial charge on any atom is 0.137 e. The summed E-state index contributed by atoms with van der Waals surface area (Å²) in [6.45, 7) is 3.33. The lowest BCUT2D eigenvalue weighted by atomic mass is 9.97. The number of hydrogen-bond acceptors (Lipinski definition) is 2. The molecule has 19 heavy (non-hydrogen) atoms. The van der Waals surface area contributed by atoms with E-state index in [4.69, 9.17) is 0 Å². The van der Waals surface area contributed by atoms with Crippen molar-refractivity contribution in [1.29, 1.82) is 0 Å². The monoisotopic (exact) mass is 257 g/mol. The van der Waals surface area contributed by atoms with Gasteiger partial charge in [-0.05, 0) is 36.5 Å². The Morgan fingerprint density at radius 3 is 3.16 bits per heavy atom. The van der Waals surface area contributed by atoms with Gasteiger partial charge < -0.3 is 10.3 Å². The Labute approximate surface area is 114 Å². The summed E-state index contributed by atoms with van der Waals surface area (Å²) in [7, 11) is 0. The van der Waals surface area contributed by atoms with Gasteiger partial charge in [0, 0.05) is 30.4 Å². The van der Waals surface area contributed by atoms with Crippen LogP contribution in [0.25, 0.3) is 11.0 Å². The Morgan fingerprint density at radius 2 is 2.21 bits per heavy atom. The van der Waals surface area contributed by atoms with Gasteiger partial charge in [-0.15, -0.1) is 0 Å². The smallest absolute Gasteiger partial charge is 0.137 e. The third-order valence-electron chi connectivity index (χ3n) is 4.45. The van der Waals surface area contributed by atoms with Crippen LogP contribution in [-0.4, -0.2) is 16.0 Å². The van der Waals surface area contributed by atoms with E-state index in [1.807, 2.05) is 12.3 Å². The van der Waals surface area contributed by atoms with Crippen LogP contribution in [0.3, 0.4) is 0 Å². The Bertz CT molecular complexity index is 532. The molecule has 1 aliphatic carbocycles. The highest BCUT2D eigenvalue weighted by Gasteiger charge is 2.19. The van der Waals surface area contributed by atoms with E-state index in [-0.39, 0.29) is 0 Å². The van der Waals surface area contributed by atoms with Gasteiger partial charge in [0.05, 0.1) is 0 Å². The summed E-state index contributed by atoms with van der Waals surface area (Å²) >= 11 is 0. The second-order valence-electron chi connectivity index (χ2n) is 5.82. The van der Waals surface area contributed by atoms with Crippen LogP contribution in [0.2, 0.25) is 0 Å². The van der Waals surface area contributed by atoms with Crippen molar-refractivity contribution in [2.45, 2.75) is 51.6 Å². The normalized spacial score (nSPS) is 24.5. The predicted molar refractivity (Wildman–Crippen MR) is 79.0 cm³/mol. The highest BCUT2D eigenvalue weighted by Crippen LogP contribution is 2.24. The van der Waals surface area contributed by atoms with E-state index < -0.39 is 0 Å². The molecule has 1 saturated carbocycles. The zero-order chi connectivity index (χ0) is 13.1. The summed E-state index contributed by atoms with van der Waals surface area (Å²) < 4.78 is 0. The van der Waals surface area contributed by atoms with E-state index >= 15 is 0 Å². The maximum absolute atomic E-state index is 4.34. The molecule has 2 N–H and O–H groups in total. The summed E-state index contributed by atoms with van der Waals surface area (Å²) in [6, 6.07) is 4.82. The molecule has 0 spiro atoms. The molecule has 0 saturated heterocycles. The van der Waals surface area contributed by atoms with Gasteiger partial charge in [0.2, 0.25) is 0 Å². The Morgan fingerprint density at radius 1 is 1.32 bits per heavy atom. The van der Waals surface area contributed by atoms with Crippen LogP contribution < -0.4 is 5.32 Å². The fourth-order valence-electron chi connectivity index (χ4n) is 3.20. The van der Waals surface area contributed by atoms with Gasteiger partial charge in [-0.3, -0.25) is 0 Å². The third-order valence-corrected chi connectivity index (χ3v) is 4.45. The molecule has 2 atom stereocenters. The van der Waals surface area contributed by atoms with Crippen molar-refractivity contribution >= 4 is 11.0 Å². The molecule has 2 unspecified atom stereocenters. The number of nitrogens with one attached hydrogen (secondary N) is 2. The highest BCUT2D eigenvalue weighted by atomic mass is 14.9. The molecule has 1 fully saturated rings. The predicted octanol–water partition coefficient (Wildman–Crippen LogP) is 3.62. The van der Waals surface area contributed by atoms with Crippen molar-refractivity contribution in [2.24, 2.45) is 5.92 Å². The molecule has 3 rings (SSSR count). The van der Waals surface area contributed by atoms with Crippen molar-refractivity contribution in [3.63, 3.8) is 0 Å². The fourth-order valence-corrected chi connectivity index (χ4v) is 3.20. The average molecular weight is 257 g/mol. The van der Waals surface area contributed by atoms with E-state index in [9.17, 15) is 0 Å². The molecule has 102 valence electrons. The molecule has 0 bridgehead atoms. The van der Waals surface area contributed by atoms with Gasteiger partial charge in [0.25, 0.3) is 0 Å². The molecule has 1 aliphatic rings. The van der Waals surface area contributed by atoms with Crippen LogP contribution in [-0.2, 0) is 6.54 Å². The fraction of sp³-hybridized carbons (Fsp3) is 0.562. The Kier molecular flexibility index (Phi) is 3.83. The first-order chi connectivity index (χ1) is 9.34. The first kappa shape index (κ1) is 12.7. The lowest BCUT2D eigenvalue weighted by molar-refractivity contribution is 0.356. The Balaban J connectivity index is 1.68. The van der Waals surface area contributed by atoms with Crippen LogP contribution in [0, 0.1) is 5.92 Å². The standard InChI is InChI=1S/C16H23N3/c1-12-6-3-2-4-8-15(12)18-10-13-11-19-16-14(13)7-5-9-17-16/h5,7,9,11-12,15,18H,2-4,6,8,10H2,1H3,(H,17,19). The van der Waals surface area contributed by atoms with Crippen LogP contribution >= 0.6 is 0 Å². The molecule has 3 heteroatoms. The first-order valence-corrected chi connectivity index (χ1v) is 7.49. The van der Waals surface area contributed by atoms with E-state index in [0.717, 1.165) is 18.1 Å². The molecular formula is C16H23N3. The van der Waals surface area contributed by atoms with Gasteiger partial charge in [-0.25, -0.2) is 4.98 Å². The van der Waals surface area contributed by atoms with Gasteiger partial charge in [-0.2, -0.15) is 0 Å². The van der Waals surface area contributed by atoms with Crippen molar-refractivity contribution in [1.82, 2.24) is 15.3 Å². The number of aromatic amines is 1.